The van der Waals surface area contributed by atoms with Gasteiger partial charge in [0.1, 0.15) is 11.6 Å². The number of hydrogen-bond acceptors (Lipinski definition) is 3. The van der Waals surface area contributed by atoms with Gasteiger partial charge < -0.3 is 9.84 Å². The van der Waals surface area contributed by atoms with E-state index in [0.29, 0.717) is 5.56 Å². The second kappa shape index (κ2) is 3.87. The van der Waals surface area contributed by atoms with E-state index in [2.05, 4.69) is 0 Å². The molecule has 0 saturated carbocycles. The predicted molar refractivity (Wildman–Crippen MR) is 43.6 cm³/mol. The van der Waals surface area contributed by atoms with Crippen LogP contribution >= 0.6 is 0 Å². The molecule has 0 amide bonds. The Hall–Kier alpha value is -1.60. The first kappa shape index (κ1) is 9.49. The molecule has 1 rings (SSSR count). The molecule has 1 aromatic carbocycles. The highest BCUT2D eigenvalue weighted by atomic mass is 19.1. The Morgan fingerprint density at radius 3 is 2.77 bits per heavy atom. The van der Waals surface area contributed by atoms with E-state index in [4.69, 9.17) is 15.1 Å². The number of benzene rings is 1. The lowest BCUT2D eigenvalue weighted by Gasteiger charge is -2.06. The summed E-state index contributed by atoms with van der Waals surface area (Å²) in [5, 5.41) is 17.5. The number of aliphatic hydroxyl groups excluding tert-OH is 1. The predicted octanol–water partition coefficient (Wildman–Crippen LogP) is 1.20. The highest BCUT2D eigenvalue weighted by Crippen LogP contribution is 2.24. The van der Waals surface area contributed by atoms with Crippen LogP contribution in [0, 0.1) is 17.1 Å². The highest BCUT2D eigenvalue weighted by Gasteiger charge is 2.12. The Balaban J connectivity index is 3.39. The van der Waals surface area contributed by atoms with Gasteiger partial charge in [0.15, 0.2) is 11.6 Å². The zero-order valence-corrected chi connectivity index (χ0v) is 7.04. The average molecular weight is 181 g/mol. The average Bonchev–Trinajstić information content (AvgIpc) is 2.17. The van der Waals surface area contributed by atoms with Gasteiger partial charge in [-0.05, 0) is 11.6 Å². The minimum absolute atomic E-state index is 0.0463. The van der Waals surface area contributed by atoms with Crippen molar-refractivity contribution in [2.75, 3.05) is 7.11 Å². The third kappa shape index (κ3) is 1.60. The summed E-state index contributed by atoms with van der Waals surface area (Å²) in [4.78, 5) is 0. The summed E-state index contributed by atoms with van der Waals surface area (Å²) in [7, 11) is 1.28. The molecular formula is C9H8FNO2. The normalized spacial score (nSPS) is 9.38. The maximum atomic E-state index is 13.0. The molecule has 0 saturated heterocycles. The van der Waals surface area contributed by atoms with Crippen LogP contribution in [0.2, 0.25) is 0 Å². The third-order valence-corrected chi connectivity index (χ3v) is 1.68. The summed E-state index contributed by atoms with van der Waals surface area (Å²) >= 11 is 0. The van der Waals surface area contributed by atoms with Gasteiger partial charge in [0.05, 0.1) is 13.7 Å². The molecule has 0 spiro atoms. The molecule has 0 radical (unpaired) electrons. The number of aliphatic hydroxyl groups is 1. The van der Waals surface area contributed by atoms with E-state index in [-0.39, 0.29) is 17.9 Å². The molecule has 4 heteroatoms. The standard InChI is InChI=1S/C9H8FNO2/c1-13-9-7(4-11)6(5-12)2-3-8(9)10/h2-3,12H,5H2,1H3. The van der Waals surface area contributed by atoms with Gasteiger partial charge in [-0.2, -0.15) is 5.26 Å². The fourth-order valence-electron chi connectivity index (χ4n) is 1.05. The summed E-state index contributed by atoms with van der Waals surface area (Å²) in [5.41, 5.74) is 0.408. The first-order valence-corrected chi connectivity index (χ1v) is 3.61. The van der Waals surface area contributed by atoms with Crippen molar-refractivity contribution in [3.8, 4) is 11.8 Å². The molecule has 1 aromatic rings. The number of nitriles is 1. The number of halogens is 1. The van der Waals surface area contributed by atoms with Gasteiger partial charge in [-0.1, -0.05) is 6.07 Å². The van der Waals surface area contributed by atoms with Crippen molar-refractivity contribution < 1.29 is 14.2 Å². The van der Waals surface area contributed by atoms with Crippen LogP contribution in [0.5, 0.6) is 5.75 Å². The van der Waals surface area contributed by atoms with E-state index < -0.39 is 5.82 Å². The molecule has 0 aliphatic rings. The Bertz CT molecular complexity index is 357. The van der Waals surface area contributed by atoms with Crippen LogP contribution in [0.15, 0.2) is 12.1 Å². The Morgan fingerprint density at radius 1 is 1.62 bits per heavy atom. The summed E-state index contributed by atoms with van der Waals surface area (Å²) in [5.74, 6) is -0.717. The molecule has 0 bridgehead atoms. The number of ether oxygens (including phenoxy) is 1. The van der Waals surface area contributed by atoms with E-state index in [1.54, 1.807) is 6.07 Å². The van der Waals surface area contributed by atoms with Crippen LogP contribution < -0.4 is 4.74 Å². The van der Waals surface area contributed by atoms with E-state index in [0.717, 1.165) is 6.07 Å². The van der Waals surface area contributed by atoms with E-state index in [1.165, 1.54) is 13.2 Å². The van der Waals surface area contributed by atoms with Crippen molar-refractivity contribution in [1.29, 1.82) is 5.26 Å². The molecule has 3 nitrogen and oxygen atoms in total. The first-order chi connectivity index (χ1) is 6.24. The number of methoxy groups -OCH3 is 1. The molecule has 0 aromatic heterocycles. The van der Waals surface area contributed by atoms with Crippen molar-refractivity contribution in [3.63, 3.8) is 0 Å². The second-order valence-electron chi connectivity index (χ2n) is 2.38. The van der Waals surface area contributed by atoms with E-state index >= 15 is 0 Å². The lowest BCUT2D eigenvalue weighted by atomic mass is 10.1. The molecule has 0 aliphatic heterocycles. The third-order valence-electron chi connectivity index (χ3n) is 1.68. The first-order valence-electron chi connectivity index (χ1n) is 3.61. The van der Waals surface area contributed by atoms with Gasteiger partial charge in [0, 0.05) is 0 Å². The zero-order valence-electron chi connectivity index (χ0n) is 7.04. The van der Waals surface area contributed by atoms with Crippen LogP contribution in [0.1, 0.15) is 11.1 Å². The molecular weight excluding hydrogens is 173 g/mol. The highest BCUT2D eigenvalue weighted by molar-refractivity contribution is 5.49. The summed E-state index contributed by atoms with van der Waals surface area (Å²) < 4.78 is 17.7. The van der Waals surface area contributed by atoms with Gasteiger partial charge in [0.25, 0.3) is 0 Å². The van der Waals surface area contributed by atoms with E-state index in [9.17, 15) is 4.39 Å². The van der Waals surface area contributed by atoms with Crippen molar-refractivity contribution in [1.82, 2.24) is 0 Å². The minimum atomic E-state index is -0.601. The maximum absolute atomic E-state index is 13.0. The van der Waals surface area contributed by atoms with Gasteiger partial charge in [-0.3, -0.25) is 0 Å². The quantitative estimate of drug-likeness (QED) is 0.745. The summed E-state index contributed by atoms with van der Waals surface area (Å²) in [6.07, 6.45) is 0. The van der Waals surface area contributed by atoms with Crippen molar-refractivity contribution in [2.24, 2.45) is 0 Å². The van der Waals surface area contributed by atoms with Crippen molar-refractivity contribution in [3.05, 3.63) is 29.1 Å². The van der Waals surface area contributed by atoms with Crippen LogP contribution in [0.25, 0.3) is 0 Å². The van der Waals surface area contributed by atoms with E-state index in [1.807, 2.05) is 0 Å². The SMILES string of the molecule is COc1c(F)ccc(CO)c1C#N. The second-order valence-corrected chi connectivity index (χ2v) is 2.38. The molecule has 68 valence electrons. The summed E-state index contributed by atoms with van der Waals surface area (Å²) in [6, 6.07) is 4.30. The van der Waals surface area contributed by atoms with Crippen LogP contribution in [0.4, 0.5) is 4.39 Å². The number of nitrogens with zero attached hydrogens (tertiary/aromatic N) is 1. The Kier molecular flexibility index (Phi) is 2.83. The lowest BCUT2D eigenvalue weighted by Crippen LogP contribution is -1.97. The van der Waals surface area contributed by atoms with Crippen molar-refractivity contribution in [2.45, 2.75) is 6.61 Å². The minimum Gasteiger partial charge on any atom is -0.492 e. The van der Waals surface area contributed by atoms with Crippen LogP contribution in [0.3, 0.4) is 0 Å². The monoisotopic (exact) mass is 181 g/mol. The molecule has 0 atom stereocenters. The molecule has 0 heterocycles. The molecule has 1 N–H and O–H groups in total. The largest absolute Gasteiger partial charge is 0.492 e. The zero-order chi connectivity index (χ0) is 9.84. The number of hydrogen-bond donors (Lipinski definition) is 1. The van der Waals surface area contributed by atoms with Gasteiger partial charge in [-0.15, -0.1) is 0 Å². The molecule has 0 aliphatic carbocycles. The maximum Gasteiger partial charge on any atom is 0.172 e. The van der Waals surface area contributed by atoms with Crippen LogP contribution in [-0.4, -0.2) is 12.2 Å². The van der Waals surface area contributed by atoms with Gasteiger partial charge in [-0.25, -0.2) is 4.39 Å². The topological polar surface area (TPSA) is 53.2 Å². The molecule has 0 fully saturated rings. The molecule has 0 unspecified atom stereocenters. The lowest BCUT2D eigenvalue weighted by molar-refractivity contribution is 0.280. The summed E-state index contributed by atoms with van der Waals surface area (Å²) in [6.45, 7) is -0.306. The fourth-order valence-corrected chi connectivity index (χ4v) is 1.05. The Labute approximate surface area is 75.0 Å². The smallest absolute Gasteiger partial charge is 0.172 e. The number of rotatable bonds is 2. The van der Waals surface area contributed by atoms with Crippen LogP contribution in [-0.2, 0) is 6.61 Å². The fraction of sp³-hybridized carbons (Fsp3) is 0.222. The van der Waals surface area contributed by atoms with Gasteiger partial charge >= 0.3 is 0 Å². The van der Waals surface area contributed by atoms with Crippen molar-refractivity contribution >= 4 is 0 Å². The molecule has 13 heavy (non-hydrogen) atoms. The Morgan fingerprint density at radius 2 is 2.31 bits per heavy atom. The van der Waals surface area contributed by atoms with Gasteiger partial charge in [0.2, 0.25) is 0 Å².